The molecule has 0 saturated heterocycles. The molecule has 0 aliphatic rings. The van der Waals surface area contributed by atoms with E-state index in [-0.39, 0.29) is 0 Å². The van der Waals surface area contributed by atoms with E-state index in [0.29, 0.717) is 12.2 Å². The smallest absolute Gasteiger partial charge is 0.142 e. The summed E-state index contributed by atoms with van der Waals surface area (Å²) in [6.45, 7) is 7.48. The minimum absolute atomic E-state index is 0.639. The topological polar surface area (TPSA) is 30.2 Å². The molecule has 13 heavy (non-hydrogen) atoms. The summed E-state index contributed by atoms with van der Waals surface area (Å²) in [6.07, 6.45) is 4.60. The van der Waals surface area contributed by atoms with Gasteiger partial charge in [0.25, 0.3) is 0 Å². The van der Waals surface area contributed by atoms with Crippen molar-refractivity contribution < 1.29 is 9.21 Å². The Morgan fingerprint density at radius 3 is 2.54 bits per heavy atom. The highest BCUT2D eigenvalue weighted by Crippen LogP contribution is 2.06. The second-order valence-corrected chi connectivity index (χ2v) is 3.05. The fourth-order valence-electron chi connectivity index (χ4n) is 0.831. The number of aldehydes is 1. The monoisotopic (exact) mass is 180 g/mol. The van der Waals surface area contributed by atoms with Gasteiger partial charge < -0.3 is 4.42 Å². The quantitative estimate of drug-likeness (QED) is 0.529. The summed E-state index contributed by atoms with van der Waals surface area (Å²) in [5, 5.41) is 0. The van der Waals surface area contributed by atoms with Crippen LogP contribution in [0.15, 0.2) is 35.5 Å². The first-order chi connectivity index (χ1) is 6.20. The second kappa shape index (κ2) is 7.35. The number of carbonyl (C=O) groups is 1. The summed E-state index contributed by atoms with van der Waals surface area (Å²) in [5.41, 5.74) is 0. The van der Waals surface area contributed by atoms with Gasteiger partial charge in [-0.2, -0.15) is 0 Å². The van der Waals surface area contributed by atoms with Crippen molar-refractivity contribution in [1.29, 1.82) is 0 Å². The zero-order valence-electron chi connectivity index (χ0n) is 8.19. The van der Waals surface area contributed by atoms with Crippen LogP contribution in [0, 0.1) is 5.92 Å². The normalized spacial score (nSPS) is 8.85. The first-order valence-corrected chi connectivity index (χ1v) is 4.29. The van der Waals surface area contributed by atoms with Crippen LogP contribution < -0.4 is 0 Å². The number of furan rings is 1. The third-order valence-corrected chi connectivity index (χ3v) is 1.29. The van der Waals surface area contributed by atoms with Crippen LogP contribution in [0.3, 0.4) is 0 Å². The Morgan fingerprint density at radius 2 is 2.23 bits per heavy atom. The summed E-state index contributed by atoms with van der Waals surface area (Å²) in [6, 6.07) is 3.94. The van der Waals surface area contributed by atoms with Gasteiger partial charge in [0.2, 0.25) is 0 Å². The summed E-state index contributed by atoms with van der Waals surface area (Å²) in [4.78, 5) is 9.06. The van der Waals surface area contributed by atoms with E-state index in [1.54, 1.807) is 6.26 Å². The highest BCUT2D eigenvalue weighted by Gasteiger charge is 1.97. The van der Waals surface area contributed by atoms with Crippen LogP contribution in [0.4, 0.5) is 0 Å². The van der Waals surface area contributed by atoms with Crippen LogP contribution in [0.5, 0.6) is 0 Å². The Balaban J connectivity index is 0.000000310. The molecule has 2 heteroatoms. The average molecular weight is 180 g/mol. The Morgan fingerprint density at radius 1 is 1.62 bits per heavy atom. The first kappa shape index (κ1) is 11.7. The molecule has 72 valence electrons. The van der Waals surface area contributed by atoms with Crippen LogP contribution in [0.2, 0.25) is 0 Å². The predicted octanol–water partition coefficient (Wildman–Crippen LogP) is 2.85. The molecule has 0 aliphatic heterocycles. The number of hydrogen-bond acceptors (Lipinski definition) is 2. The molecule has 2 nitrogen and oxygen atoms in total. The number of hydrogen-bond donors (Lipinski definition) is 0. The lowest BCUT2D eigenvalue weighted by Crippen LogP contribution is -1.90. The Labute approximate surface area is 79.3 Å². The molecule has 0 radical (unpaired) electrons. The van der Waals surface area contributed by atoms with Gasteiger partial charge in [0.15, 0.2) is 0 Å². The van der Waals surface area contributed by atoms with Gasteiger partial charge >= 0.3 is 0 Å². The van der Waals surface area contributed by atoms with E-state index in [1.165, 1.54) is 6.08 Å². The van der Waals surface area contributed by atoms with Crippen LogP contribution in [0.1, 0.15) is 19.6 Å². The summed E-state index contributed by atoms with van der Waals surface area (Å²) >= 11 is 0. The Kier molecular flexibility index (Phi) is 6.60. The molecule has 1 aromatic rings. The molecule has 0 aliphatic carbocycles. The summed E-state index contributed by atoms with van der Waals surface area (Å²) in [7, 11) is 0. The van der Waals surface area contributed by atoms with Gasteiger partial charge in [0, 0.05) is 6.42 Å². The van der Waals surface area contributed by atoms with Crippen molar-refractivity contribution in [3.05, 3.63) is 36.8 Å². The zero-order chi connectivity index (χ0) is 10.1. The third-order valence-electron chi connectivity index (χ3n) is 1.29. The lowest BCUT2D eigenvalue weighted by molar-refractivity contribution is -0.104. The van der Waals surface area contributed by atoms with Crippen molar-refractivity contribution in [2.45, 2.75) is 20.3 Å². The third kappa shape index (κ3) is 7.06. The Hall–Kier alpha value is -1.31. The maximum Gasteiger partial charge on any atom is 0.142 e. The summed E-state index contributed by atoms with van der Waals surface area (Å²) in [5.74, 6) is 1.78. The van der Waals surface area contributed by atoms with Gasteiger partial charge in [-0.05, 0) is 24.1 Å². The fourth-order valence-corrected chi connectivity index (χ4v) is 0.831. The molecule has 0 saturated carbocycles. The van der Waals surface area contributed by atoms with E-state index in [2.05, 4.69) is 20.4 Å². The van der Waals surface area contributed by atoms with E-state index in [1.807, 2.05) is 12.1 Å². The maximum atomic E-state index is 9.06. The van der Waals surface area contributed by atoms with Gasteiger partial charge in [0.1, 0.15) is 12.0 Å². The van der Waals surface area contributed by atoms with E-state index >= 15 is 0 Å². The number of carbonyl (C=O) groups excluding carboxylic acids is 1. The molecule has 1 rings (SSSR count). The largest absolute Gasteiger partial charge is 0.469 e. The first-order valence-electron chi connectivity index (χ1n) is 4.29. The number of rotatable bonds is 3. The van der Waals surface area contributed by atoms with Crippen LogP contribution >= 0.6 is 0 Å². The minimum Gasteiger partial charge on any atom is -0.469 e. The van der Waals surface area contributed by atoms with Gasteiger partial charge in [-0.25, -0.2) is 0 Å². The lowest BCUT2D eigenvalue weighted by Gasteiger charge is -1.97. The molecular formula is C11H16O2. The lowest BCUT2D eigenvalue weighted by atomic mass is 10.1. The maximum absolute atomic E-state index is 9.06. The van der Waals surface area contributed by atoms with Crippen molar-refractivity contribution in [2.24, 2.45) is 5.92 Å². The fraction of sp³-hybridized carbons (Fsp3) is 0.364. The molecule has 0 fully saturated rings. The molecule has 0 aromatic carbocycles. The van der Waals surface area contributed by atoms with Crippen LogP contribution in [-0.2, 0) is 11.2 Å². The van der Waals surface area contributed by atoms with Gasteiger partial charge in [-0.3, -0.25) is 4.79 Å². The molecule has 0 amide bonds. The van der Waals surface area contributed by atoms with E-state index < -0.39 is 0 Å². The van der Waals surface area contributed by atoms with E-state index in [0.717, 1.165) is 12.2 Å². The minimum atomic E-state index is 0.639. The van der Waals surface area contributed by atoms with E-state index in [9.17, 15) is 0 Å². The van der Waals surface area contributed by atoms with Crippen molar-refractivity contribution in [1.82, 2.24) is 0 Å². The van der Waals surface area contributed by atoms with Crippen LogP contribution in [-0.4, -0.2) is 6.29 Å². The molecular weight excluding hydrogens is 164 g/mol. The highest BCUT2D eigenvalue weighted by atomic mass is 16.3. The van der Waals surface area contributed by atoms with E-state index in [4.69, 9.17) is 9.21 Å². The van der Waals surface area contributed by atoms with Crippen LogP contribution in [0.25, 0.3) is 0 Å². The molecule has 1 heterocycles. The zero-order valence-corrected chi connectivity index (χ0v) is 8.19. The highest BCUT2D eigenvalue weighted by molar-refractivity contribution is 5.63. The van der Waals surface area contributed by atoms with Gasteiger partial charge in [0.05, 0.1) is 6.26 Å². The predicted molar refractivity (Wildman–Crippen MR) is 53.5 cm³/mol. The summed E-state index contributed by atoms with van der Waals surface area (Å²) < 4.78 is 5.14. The van der Waals surface area contributed by atoms with Crippen molar-refractivity contribution in [2.75, 3.05) is 0 Å². The van der Waals surface area contributed by atoms with Gasteiger partial charge in [-0.15, -0.1) is 0 Å². The number of allylic oxidation sites excluding steroid dienone is 1. The molecule has 1 aromatic heterocycles. The molecule has 0 N–H and O–H groups in total. The Bertz CT molecular complexity index is 216. The SMILES string of the molecule is C=CC=O.CC(C)Cc1ccco1. The standard InChI is InChI=1S/C8H12O.C3H4O/c1-7(2)6-8-4-3-5-9-8;1-2-3-4/h3-5,7H,6H2,1-2H3;2-3H,1H2. The second-order valence-electron chi connectivity index (χ2n) is 3.05. The molecule has 0 spiro atoms. The molecule has 0 unspecified atom stereocenters. The van der Waals surface area contributed by atoms with Crippen molar-refractivity contribution >= 4 is 6.29 Å². The van der Waals surface area contributed by atoms with Gasteiger partial charge in [-0.1, -0.05) is 20.4 Å². The van der Waals surface area contributed by atoms with Crippen molar-refractivity contribution in [3.8, 4) is 0 Å². The van der Waals surface area contributed by atoms with Crippen molar-refractivity contribution in [3.63, 3.8) is 0 Å². The average Bonchev–Trinajstić information content (AvgIpc) is 2.56. The molecule has 0 atom stereocenters. The molecule has 0 bridgehead atoms.